The van der Waals surface area contributed by atoms with Gasteiger partial charge in [-0.25, -0.2) is 0 Å². The van der Waals surface area contributed by atoms with E-state index in [-0.39, 0.29) is 13.2 Å². The minimum absolute atomic E-state index is 0.197. The number of imide groups is 1. The lowest BCUT2D eigenvalue weighted by atomic mass is 10.0. The standard InChI is InChI=1S/C15H20N4O6S2/c1-16-26-15(21)17-12(20)9-19-7-8-25-13(14(19)18-27(22)23)10-3-5-11(24-2)6-4-10/h3-6,13-14,16H,7-9H2,1-2H3,(H,17,20,21). The van der Waals surface area contributed by atoms with E-state index in [1.807, 2.05) is 0 Å². The first-order chi connectivity index (χ1) is 12.9. The first kappa shape index (κ1) is 21.3. The van der Waals surface area contributed by atoms with Crippen molar-refractivity contribution in [1.29, 1.82) is 0 Å². The molecule has 1 aromatic carbocycles. The summed E-state index contributed by atoms with van der Waals surface area (Å²) < 4.78 is 39.5. The summed E-state index contributed by atoms with van der Waals surface area (Å²) in [5, 5.41) is 1.65. The number of amides is 2. The summed E-state index contributed by atoms with van der Waals surface area (Å²) >= 11 is 0.736. The molecule has 0 spiro atoms. The van der Waals surface area contributed by atoms with Crippen molar-refractivity contribution in [3.05, 3.63) is 29.8 Å². The van der Waals surface area contributed by atoms with Crippen molar-refractivity contribution in [3.63, 3.8) is 0 Å². The SMILES string of the molecule is CNSC(=O)NC(=O)CN1CCOC(c2ccc(OC)cc2)C1N=S(=O)=O. The molecule has 1 heterocycles. The Morgan fingerprint density at radius 2 is 2.07 bits per heavy atom. The fraction of sp³-hybridized carbons (Fsp3) is 0.467. The van der Waals surface area contributed by atoms with E-state index >= 15 is 0 Å². The summed E-state index contributed by atoms with van der Waals surface area (Å²) in [6, 6.07) is 6.94. The van der Waals surface area contributed by atoms with Crippen LogP contribution in [0.25, 0.3) is 0 Å². The molecule has 2 atom stereocenters. The number of rotatable bonds is 6. The Balaban J connectivity index is 2.19. The third kappa shape index (κ3) is 6.29. The third-order valence-electron chi connectivity index (χ3n) is 3.74. The first-order valence-electron chi connectivity index (χ1n) is 7.91. The van der Waals surface area contributed by atoms with Crippen molar-refractivity contribution >= 4 is 33.6 Å². The molecule has 0 aliphatic carbocycles. The van der Waals surface area contributed by atoms with Crippen LogP contribution in [-0.4, -0.2) is 64.5 Å². The fourth-order valence-electron chi connectivity index (χ4n) is 2.61. The average Bonchev–Trinajstić information content (AvgIpc) is 2.63. The Morgan fingerprint density at radius 3 is 2.67 bits per heavy atom. The minimum atomic E-state index is -2.70. The Labute approximate surface area is 162 Å². The summed E-state index contributed by atoms with van der Waals surface area (Å²) in [5.74, 6) is 0.0854. The van der Waals surface area contributed by atoms with Gasteiger partial charge in [-0.2, -0.15) is 8.42 Å². The van der Waals surface area contributed by atoms with Gasteiger partial charge in [0.25, 0.3) is 0 Å². The minimum Gasteiger partial charge on any atom is -0.497 e. The van der Waals surface area contributed by atoms with Gasteiger partial charge in [0.15, 0.2) is 6.17 Å². The van der Waals surface area contributed by atoms with Crippen molar-refractivity contribution in [3.8, 4) is 5.75 Å². The van der Waals surface area contributed by atoms with E-state index in [2.05, 4.69) is 14.4 Å². The number of hydrogen-bond acceptors (Lipinski definition) is 10. The Kier molecular flexibility index (Phi) is 8.19. The zero-order valence-electron chi connectivity index (χ0n) is 14.7. The second-order valence-corrected chi connectivity index (χ2v) is 7.04. The van der Waals surface area contributed by atoms with Crippen LogP contribution in [-0.2, 0) is 20.0 Å². The molecular formula is C15H20N4O6S2. The molecule has 12 heteroatoms. The molecule has 0 radical (unpaired) electrons. The van der Waals surface area contributed by atoms with Gasteiger partial charge in [-0.1, -0.05) is 12.1 Å². The van der Waals surface area contributed by atoms with Gasteiger partial charge in [0.05, 0.1) is 20.3 Å². The molecule has 2 amide bonds. The molecule has 1 saturated heterocycles. The smallest absolute Gasteiger partial charge is 0.312 e. The van der Waals surface area contributed by atoms with Crippen LogP contribution in [0.3, 0.4) is 0 Å². The molecule has 0 saturated carbocycles. The quantitative estimate of drug-likeness (QED) is 0.640. The number of benzene rings is 1. The number of carbonyl (C=O) groups is 2. The maximum absolute atomic E-state index is 12.1. The third-order valence-corrected chi connectivity index (χ3v) is 4.62. The van der Waals surface area contributed by atoms with E-state index in [0.717, 1.165) is 11.9 Å². The molecule has 27 heavy (non-hydrogen) atoms. The normalized spacial score (nSPS) is 19.9. The molecule has 0 aromatic heterocycles. The highest BCUT2D eigenvalue weighted by molar-refractivity contribution is 8.11. The van der Waals surface area contributed by atoms with E-state index < -0.39 is 33.9 Å². The number of morpholine rings is 1. The monoisotopic (exact) mass is 416 g/mol. The number of hydrogen-bond donors (Lipinski definition) is 2. The zero-order valence-corrected chi connectivity index (χ0v) is 16.4. The second kappa shape index (κ2) is 10.4. The molecule has 0 bridgehead atoms. The van der Waals surface area contributed by atoms with E-state index in [1.165, 1.54) is 0 Å². The van der Waals surface area contributed by atoms with Crippen molar-refractivity contribution in [2.75, 3.05) is 33.9 Å². The number of carbonyl (C=O) groups excluding carboxylic acids is 2. The lowest BCUT2D eigenvalue weighted by molar-refractivity contribution is -0.126. The highest BCUT2D eigenvalue weighted by atomic mass is 32.2. The highest BCUT2D eigenvalue weighted by Crippen LogP contribution is 2.30. The topological polar surface area (TPSA) is 126 Å². The maximum atomic E-state index is 12.1. The Hall–Kier alpha value is -1.99. The second-order valence-electron chi connectivity index (χ2n) is 5.41. The molecule has 1 aromatic rings. The van der Waals surface area contributed by atoms with E-state index in [9.17, 15) is 18.0 Å². The largest absolute Gasteiger partial charge is 0.497 e. The summed E-state index contributed by atoms with van der Waals surface area (Å²) in [6.07, 6.45) is -1.61. The molecule has 2 unspecified atom stereocenters. The Morgan fingerprint density at radius 1 is 1.37 bits per heavy atom. The van der Waals surface area contributed by atoms with Crippen LogP contribution < -0.4 is 14.8 Å². The predicted octanol–water partition coefficient (Wildman–Crippen LogP) is 0.561. The summed E-state index contributed by atoms with van der Waals surface area (Å²) in [4.78, 5) is 25.1. The molecule has 148 valence electrons. The zero-order chi connectivity index (χ0) is 19.8. The van der Waals surface area contributed by atoms with Crippen LogP contribution in [0.4, 0.5) is 4.79 Å². The average molecular weight is 416 g/mol. The van der Waals surface area contributed by atoms with Gasteiger partial charge < -0.3 is 9.47 Å². The molecule has 1 aliphatic heterocycles. The molecular weight excluding hydrogens is 396 g/mol. The van der Waals surface area contributed by atoms with Crippen molar-refractivity contribution in [2.45, 2.75) is 12.3 Å². The maximum Gasteiger partial charge on any atom is 0.312 e. The van der Waals surface area contributed by atoms with Crippen LogP contribution in [0.5, 0.6) is 5.75 Å². The van der Waals surface area contributed by atoms with Gasteiger partial charge in [0, 0.05) is 18.5 Å². The molecule has 1 aliphatic rings. The van der Waals surface area contributed by atoms with Gasteiger partial charge in [0.1, 0.15) is 11.9 Å². The summed E-state index contributed by atoms with van der Waals surface area (Å²) in [7, 11) is 0.394. The van der Waals surface area contributed by atoms with E-state index in [1.54, 1.807) is 43.3 Å². The lowest BCUT2D eigenvalue weighted by Crippen LogP contribution is -2.50. The molecule has 2 N–H and O–H groups in total. The van der Waals surface area contributed by atoms with Crippen molar-refractivity contribution < 1.29 is 27.5 Å². The lowest BCUT2D eigenvalue weighted by Gasteiger charge is -2.37. The van der Waals surface area contributed by atoms with Gasteiger partial charge in [-0.05, 0) is 24.7 Å². The van der Waals surface area contributed by atoms with Crippen LogP contribution in [0.15, 0.2) is 28.6 Å². The van der Waals surface area contributed by atoms with Crippen molar-refractivity contribution in [1.82, 2.24) is 14.9 Å². The number of nitrogens with zero attached hydrogens (tertiary/aromatic N) is 2. The van der Waals surface area contributed by atoms with Crippen LogP contribution >= 0.6 is 11.9 Å². The Bertz CT molecular complexity index is 791. The van der Waals surface area contributed by atoms with Gasteiger partial charge in [-0.15, -0.1) is 4.36 Å². The predicted molar refractivity (Wildman–Crippen MR) is 98.6 cm³/mol. The molecule has 10 nitrogen and oxygen atoms in total. The number of ether oxygens (including phenoxy) is 2. The summed E-state index contributed by atoms with van der Waals surface area (Å²) in [6.45, 7) is 0.372. The fourth-order valence-corrected chi connectivity index (χ4v) is 3.38. The van der Waals surface area contributed by atoms with Crippen LogP contribution in [0.1, 0.15) is 11.7 Å². The van der Waals surface area contributed by atoms with Crippen LogP contribution in [0.2, 0.25) is 0 Å². The van der Waals surface area contributed by atoms with Gasteiger partial charge in [0.2, 0.25) is 5.91 Å². The summed E-state index contributed by atoms with van der Waals surface area (Å²) in [5.41, 5.74) is 0.696. The molecule has 2 rings (SSSR count). The number of nitrogens with one attached hydrogen (secondary N) is 2. The molecule has 1 fully saturated rings. The van der Waals surface area contributed by atoms with Crippen molar-refractivity contribution in [2.24, 2.45) is 4.36 Å². The van der Waals surface area contributed by atoms with E-state index in [0.29, 0.717) is 17.9 Å². The van der Waals surface area contributed by atoms with Gasteiger partial charge in [-0.3, -0.25) is 24.5 Å². The van der Waals surface area contributed by atoms with E-state index in [4.69, 9.17) is 9.47 Å². The van der Waals surface area contributed by atoms with Gasteiger partial charge >= 0.3 is 15.7 Å². The number of methoxy groups -OCH3 is 1. The first-order valence-corrected chi connectivity index (χ1v) is 9.76. The highest BCUT2D eigenvalue weighted by Gasteiger charge is 2.35. The van der Waals surface area contributed by atoms with Crippen LogP contribution in [0, 0.1) is 0 Å².